The van der Waals surface area contributed by atoms with Crippen LogP contribution in [0.3, 0.4) is 0 Å². The number of unbranched alkanes of at least 4 members (excludes halogenated alkanes) is 4. The molecule has 2 aromatic rings. The standard InChI is InChI=1S/C32H47NO4S/c1-3-4-8-21-38(36)23-25-16-19-33(20-17-25)18-7-5-6-9-30-29-15-14-28(35)22-31(29)37-24-32(30,2)26-10-12-27(34)13-11-26/h10-15,22,25,30,34-35H,3-9,16-21,23-24H2,1-2H3/t30-,32-,38?/m1/s1. The Morgan fingerprint density at radius 3 is 2.45 bits per heavy atom. The summed E-state index contributed by atoms with van der Waals surface area (Å²) in [6.45, 7) is 8.46. The number of hydrogen-bond acceptors (Lipinski definition) is 5. The second-order valence-electron chi connectivity index (χ2n) is 11.7. The van der Waals surface area contributed by atoms with E-state index < -0.39 is 10.8 Å². The Bertz CT molecular complexity index is 1030. The molecule has 1 unspecified atom stereocenters. The van der Waals surface area contributed by atoms with E-state index in [1.807, 2.05) is 18.2 Å². The SMILES string of the molecule is CCCCCS(=O)CC1CCN(CCCCC[C@@H]2c3ccc(O)cc3OC[C@]2(C)c2ccc(O)cc2)CC1. The predicted octanol–water partition coefficient (Wildman–Crippen LogP) is 6.74. The van der Waals surface area contributed by atoms with Gasteiger partial charge < -0.3 is 19.8 Å². The molecule has 6 heteroatoms. The van der Waals surface area contributed by atoms with Gasteiger partial charge in [-0.3, -0.25) is 4.21 Å². The van der Waals surface area contributed by atoms with E-state index in [1.165, 1.54) is 49.7 Å². The summed E-state index contributed by atoms with van der Waals surface area (Å²) in [5.41, 5.74) is 2.14. The van der Waals surface area contributed by atoms with Gasteiger partial charge in [-0.05, 0) is 87.0 Å². The van der Waals surface area contributed by atoms with Crippen LogP contribution in [-0.4, -0.2) is 57.1 Å². The van der Waals surface area contributed by atoms with Gasteiger partial charge in [0.05, 0.1) is 6.61 Å². The van der Waals surface area contributed by atoms with Crippen LogP contribution in [0.1, 0.15) is 88.7 Å². The quantitative estimate of drug-likeness (QED) is 0.275. The molecule has 0 radical (unpaired) electrons. The fourth-order valence-corrected chi connectivity index (χ4v) is 7.86. The van der Waals surface area contributed by atoms with Crippen LogP contribution in [-0.2, 0) is 16.2 Å². The lowest BCUT2D eigenvalue weighted by atomic mass is 9.66. The number of ether oxygens (including phenoxy) is 1. The smallest absolute Gasteiger partial charge is 0.126 e. The molecule has 2 aliphatic heterocycles. The molecule has 2 aliphatic rings. The minimum atomic E-state index is -0.633. The minimum absolute atomic E-state index is 0.198. The zero-order chi connectivity index (χ0) is 27.0. The summed E-state index contributed by atoms with van der Waals surface area (Å²) in [6, 6.07) is 13.1. The van der Waals surface area contributed by atoms with Crippen LogP contribution in [0.2, 0.25) is 0 Å². The molecular formula is C32H47NO4S. The largest absolute Gasteiger partial charge is 0.508 e. The highest BCUT2D eigenvalue weighted by Crippen LogP contribution is 2.49. The Morgan fingerprint density at radius 2 is 1.71 bits per heavy atom. The molecule has 1 fully saturated rings. The molecule has 0 aliphatic carbocycles. The zero-order valence-corrected chi connectivity index (χ0v) is 24.2. The molecule has 3 atom stereocenters. The van der Waals surface area contributed by atoms with Crippen LogP contribution in [0.4, 0.5) is 0 Å². The first-order chi connectivity index (χ1) is 18.4. The van der Waals surface area contributed by atoms with Gasteiger partial charge in [-0.2, -0.15) is 0 Å². The van der Waals surface area contributed by atoms with Gasteiger partial charge in [0.1, 0.15) is 17.2 Å². The topological polar surface area (TPSA) is 70.0 Å². The lowest BCUT2D eigenvalue weighted by Gasteiger charge is -2.43. The average Bonchev–Trinajstić information content (AvgIpc) is 2.91. The van der Waals surface area contributed by atoms with Crippen molar-refractivity contribution in [3.8, 4) is 17.2 Å². The first kappa shape index (κ1) is 28.9. The predicted molar refractivity (Wildman–Crippen MR) is 157 cm³/mol. The zero-order valence-electron chi connectivity index (χ0n) is 23.4. The fraction of sp³-hybridized carbons (Fsp3) is 0.625. The molecule has 0 bridgehead atoms. The normalized spacial score (nSPS) is 23.1. The van der Waals surface area contributed by atoms with Crippen LogP contribution in [0.15, 0.2) is 42.5 Å². The molecule has 2 heterocycles. The van der Waals surface area contributed by atoms with Crippen molar-refractivity contribution >= 4 is 10.8 Å². The molecule has 0 spiro atoms. The summed E-state index contributed by atoms with van der Waals surface area (Å²) in [5.74, 6) is 4.02. The first-order valence-electron chi connectivity index (χ1n) is 14.7. The summed E-state index contributed by atoms with van der Waals surface area (Å²) < 4.78 is 18.5. The van der Waals surface area contributed by atoms with Crippen molar-refractivity contribution in [3.63, 3.8) is 0 Å². The first-order valence-corrected chi connectivity index (χ1v) is 16.2. The van der Waals surface area contributed by atoms with E-state index in [2.05, 4.69) is 18.7 Å². The maximum atomic E-state index is 12.4. The number of fused-ring (bicyclic) bond motifs is 1. The summed E-state index contributed by atoms with van der Waals surface area (Å²) in [5, 5.41) is 19.8. The van der Waals surface area contributed by atoms with Crippen molar-refractivity contribution in [1.82, 2.24) is 4.90 Å². The monoisotopic (exact) mass is 541 g/mol. The number of nitrogens with zero attached hydrogens (tertiary/aromatic N) is 1. The third kappa shape index (κ3) is 7.53. The third-order valence-corrected chi connectivity index (χ3v) is 10.4. The lowest BCUT2D eigenvalue weighted by Crippen LogP contribution is -2.40. The molecule has 5 nitrogen and oxygen atoms in total. The highest BCUT2D eigenvalue weighted by molar-refractivity contribution is 7.84. The number of likely N-dealkylation sites (tertiary alicyclic amines) is 1. The van der Waals surface area contributed by atoms with Gasteiger partial charge in [0.2, 0.25) is 0 Å². The molecule has 1 saturated heterocycles. The Hall–Kier alpha value is -2.05. The Balaban J connectivity index is 1.25. The number of rotatable bonds is 13. The highest BCUT2D eigenvalue weighted by atomic mass is 32.2. The van der Waals surface area contributed by atoms with Crippen LogP contribution in [0.5, 0.6) is 17.2 Å². The molecule has 210 valence electrons. The Kier molecular flexibility index (Phi) is 10.5. The lowest BCUT2D eigenvalue weighted by molar-refractivity contribution is 0.161. The van der Waals surface area contributed by atoms with Crippen molar-refractivity contribution in [3.05, 3.63) is 53.6 Å². The van der Waals surface area contributed by atoms with E-state index >= 15 is 0 Å². The summed E-state index contributed by atoms with van der Waals surface area (Å²) in [4.78, 5) is 2.60. The molecule has 2 aromatic carbocycles. The van der Waals surface area contributed by atoms with Gasteiger partial charge in [0.15, 0.2) is 0 Å². The molecule has 0 saturated carbocycles. The van der Waals surface area contributed by atoms with Crippen LogP contribution >= 0.6 is 0 Å². The van der Waals surface area contributed by atoms with Crippen LogP contribution in [0.25, 0.3) is 0 Å². The summed E-state index contributed by atoms with van der Waals surface area (Å²) >= 11 is 0. The Labute approximate surface area is 232 Å². The summed E-state index contributed by atoms with van der Waals surface area (Å²) in [6.07, 6.45) is 10.5. The van der Waals surface area contributed by atoms with E-state index in [-0.39, 0.29) is 22.8 Å². The number of benzene rings is 2. The van der Waals surface area contributed by atoms with Crippen molar-refractivity contribution in [2.75, 3.05) is 37.7 Å². The van der Waals surface area contributed by atoms with Crippen LogP contribution in [0, 0.1) is 5.92 Å². The molecule has 0 amide bonds. The van der Waals surface area contributed by atoms with E-state index in [9.17, 15) is 14.4 Å². The molecular weight excluding hydrogens is 494 g/mol. The number of hydrogen-bond donors (Lipinski definition) is 2. The molecule has 0 aromatic heterocycles. The molecule has 4 rings (SSSR count). The van der Waals surface area contributed by atoms with E-state index in [1.54, 1.807) is 24.3 Å². The van der Waals surface area contributed by atoms with Gasteiger partial charge in [0, 0.05) is 39.7 Å². The minimum Gasteiger partial charge on any atom is -0.508 e. The number of phenols is 2. The van der Waals surface area contributed by atoms with Crippen molar-refractivity contribution < 1.29 is 19.2 Å². The maximum absolute atomic E-state index is 12.4. The second kappa shape index (κ2) is 13.8. The third-order valence-electron chi connectivity index (χ3n) is 8.77. The van der Waals surface area contributed by atoms with Crippen molar-refractivity contribution in [2.24, 2.45) is 5.92 Å². The number of piperidine rings is 1. The fourth-order valence-electron chi connectivity index (χ4n) is 6.30. The summed E-state index contributed by atoms with van der Waals surface area (Å²) in [7, 11) is -0.633. The second-order valence-corrected chi connectivity index (χ2v) is 13.3. The molecule has 2 N–H and O–H groups in total. The maximum Gasteiger partial charge on any atom is 0.126 e. The Morgan fingerprint density at radius 1 is 0.974 bits per heavy atom. The van der Waals surface area contributed by atoms with Gasteiger partial charge in [-0.25, -0.2) is 0 Å². The number of aromatic hydroxyl groups is 2. The molecule has 38 heavy (non-hydrogen) atoms. The van der Waals surface area contributed by atoms with Gasteiger partial charge in [-0.1, -0.05) is 57.7 Å². The van der Waals surface area contributed by atoms with Gasteiger partial charge >= 0.3 is 0 Å². The van der Waals surface area contributed by atoms with Gasteiger partial charge in [-0.15, -0.1) is 0 Å². The van der Waals surface area contributed by atoms with E-state index in [0.717, 1.165) is 56.2 Å². The van der Waals surface area contributed by atoms with E-state index in [4.69, 9.17) is 4.74 Å². The highest BCUT2D eigenvalue weighted by Gasteiger charge is 2.42. The van der Waals surface area contributed by atoms with Gasteiger partial charge in [0.25, 0.3) is 0 Å². The average molecular weight is 542 g/mol. The van der Waals surface area contributed by atoms with Crippen LogP contribution < -0.4 is 4.74 Å². The number of phenolic OH excluding ortho intramolecular Hbond substituents is 2. The van der Waals surface area contributed by atoms with E-state index in [0.29, 0.717) is 12.5 Å². The van der Waals surface area contributed by atoms with Crippen molar-refractivity contribution in [1.29, 1.82) is 0 Å². The van der Waals surface area contributed by atoms with Crippen molar-refractivity contribution in [2.45, 2.75) is 83.0 Å².